The second-order valence-corrected chi connectivity index (χ2v) is 7.94. The molecule has 3 rings (SSSR count). The third-order valence-corrected chi connectivity index (χ3v) is 5.74. The number of carbonyl (C=O) groups excluding carboxylic acids is 2. The Morgan fingerprint density at radius 1 is 0.966 bits per heavy atom. The van der Waals surface area contributed by atoms with E-state index in [0.29, 0.717) is 26.2 Å². The van der Waals surface area contributed by atoms with Crippen LogP contribution in [0.15, 0.2) is 36.4 Å². The molecule has 2 aliphatic rings. The first-order valence-electron chi connectivity index (χ1n) is 10.9. The van der Waals surface area contributed by atoms with Gasteiger partial charge in [0.25, 0.3) is 0 Å². The van der Waals surface area contributed by atoms with Gasteiger partial charge < -0.3 is 10.2 Å². The molecule has 2 aliphatic heterocycles. The molecule has 0 saturated carbocycles. The molecule has 0 spiro atoms. The Kier molecular flexibility index (Phi) is 8.25. The Morgan fingerprint density at radius 3 is 2.38 bits per heavy atom. The smallest absolute Gasteiger partial charge is 0.236 e. The number of unbranched alkanes of at least 4 members (excludes halogenated alkanes) is 1. The van der Waals surface area contributed by atoms with Crippen molar-refractivity contribution in [1.82, 2.24) is 20.0 Å². The Bertz CT molecular complexity index is 696. The Labute approximate surface area is 174 Å². The molecule has 158 valence electrons. The van der Waals surface area contributed by atoms with Gasteiger partial charge in [0.2, 0.25) is 11.8 Å². The van der Waals surface area contributed by atoms with Gasteiger partial charge in [0.05, 0.1) is 13.1 Å². The van der Waals surface area contributed by atoms with Crippen LogP contribution in [0.25, 0.3) is 5.57 Å². The van der Waals surface area contributed by atoms with Gasteiger partial charge in [-0.25, -0.2) is 0 Å². The topological polar surface area (TPSA) is 55.9 Å². The molecule has 1 fully saturated rings. The van der Waals surface area contributed by atoms with Crippen molar-refractivity contribution in [2.75, 3.05) is 58.9 Å². The zero-order valence-electron chi connectivity index (χ0n) is 17.6. The Balaban J connectivity index is 1.37. The predicted octanol–water partition coefficient (Wildman–Crippen LogP) is 1.84. The first-order valence-corrected chi connectivity index (χ1v) is 10.9. The van der Waals surface area contributed by atoms with Crippen LogP contribution in [0, 0.1) is 0 Å². The van der Waals surface area contributed by atoms with Crippen molar-refractivity contribution in [2.45, 2.75) is 26.2 Å². The summed E-state index contributed by atoms with van der Waals surface area (Å²) in [7, 11) is 0. The van der Waals surface area contributed by atoms with Crippen LogP contribution in [0.2, 0.25) is 0 Å². The molecule has 29 heavy (non-hydrogen) atoms. The fraction of sp³-hybridized carbons (Fsp3) is 0.565. The van der Waals surface area contributed by atoms with Gasteiger partial charge >= 0.3 is 0 Å². The largest absolute Gasteiger partial charge is 0.355 e. The lowest BCUT2D eigenvalue weighted by atomic mass is 9.99. The molecule has 1 aromatic carbocycles. The molecule has 0 aliphatic carbocycles. The summed E-state index contributed by atoms with van der Waals surface area (Å²) >= 11 is 0. The fourth-order valence-corrected chi connectivity index (χ4v) is 3.88. The molecule has 0 bridgehead atoms. The van der Waals surface area contributed by atoms with E-state index in [1.807, 2.05) is 11.0 Å². The van der Waals surface area contributed by atoms with Crippen molar-refractivity contribution in [2.24, 2.45) is 0 Å². The molecular formula is C23H34N4O2. The van der Waals surface area contributed by atoms with Crippen LogP contribution in [0.5, 0.6) is 0 Å². The second-order valence-electron chi connectivity index (χ2n) is 7.94. The van der Waals surface area contributed by atoms with Gasteiger partial charge in [0.1, 0.15) is 0 Å². The molecule has 1 N–H and O–H groups in total. The second kappa shape index (κ2) is 11.1. The van der Waals surface area contributed by atoms with E-state index in [1.165, 1.54) is 11.1 Å². The lowest BCUT2D eigenvalue weighted by Gasteiger charge is -2.36. The van der Waals surface area contributed by atoms with Gasteiger partial charge in [-0.1, -0.05) is 49.8 Å². The van der Waals surface area contributed by atoms with Crippen molar-refractivity contribution < 1.29 is 9.59 Å². The molecule has 1 saturated heterocycles. The number of rotatable bonds is 8. The van der Waals surface area contributed by atoms with Gasteiger partial charge in [0, 0.05) is 45.8 Å². The highest BCUT2D eigenvalue weighted by molar-refractivity contribution is 5.79. The van der Waals surface area contributed by atoms with Crippen LogP contribution in [0.1, 0.15) is 31.7 Å². The minimum Gasteiger partial charge on any atom is -0.355 e. The lowest BCUT2D eigenvalue weighted by Crippen LogP contribution is -2.53. The summed E-state index contributed by atoms with van der Waals surface area (Å²) in [5.41, 5.74) is 2.66. The van der Waals surface area contributed by atoms with Crippen molar-refractivity contribution in [3.8, 4) is 0 Å². The fourth-order valence-electron chi connectivity index (χ4n) is 3.88. The van der Waals surface area contributed by atoms with E-state index in [9.17, 15) is 9.59 Å². The summed E-state index contributed by atoms with van der Waals surface area (Å²) in [4.78, 5) is 30.9. The van der Waals surface area contributed by atoms with E-state index < -0.39 is 0 Å². The molecule has 2 heterocycles. The van der Waals surface area contributed by atoms with Crippen LogP contribution >= 0.6 is 0 Å². The molecule has 6 nitrogen and oxygen atoms in total. The van der Waals surface area contributed by atoms with Crippen LogP contribution in [-0.2, 0) is 9.59 Å². The van der Waals surface area contributed by atoms with E-state index >= 15 is 0 Å². The highest BCUT2D eigenvalue weighted by Gasteiger charge is 2.24. The number of carbonyl (C=O) groups is 2. The van der Waals surface area contributed by atoms with Crippen LogP contribution in [-0.4, -0.2) is 85.4 Å². The normalized spacial score (nSPS) is 18.4. The maximum Gasteiger partial charge on any atom is 0.236 e. The van der Waals surface area contributed by atoms with Crippen molar-refractivity contribution in [3.63, 3.8) is 0 Å². The third-order valence-electron chi connectivity index (χ3n) is 5.74. The van der Waals surface area contributed by atoms with Crippen LogP contribution < -0.4 is 5.32 Å². The Hall–Kier alpha value is -2.18. The maximum atomic E-state index is 12.7. The standard InChI is InChI=1S/C23H34N4O2/c1-2-3-11-24-22(28)18-26-14-16-27(17-15-26)23(29)19-25-12-9-21(10-13-25)20-7-5-4-6-8-20/h4-9H,2-3,10-19H2,1H3,(H,24,28). The summed E-state index contributed by atoms with van der Waals surface area (Å²) in [5, 5.41) is 2.96. The third kappa shape index (κ3) is 6.68. The SMILES string of the molecule is CCCCNC(=O)CN1CCN(C(=O)CN2CC=C(c3ccccc3)CC2)CC1. The number of piperazine rings is 1. The van der Waals surface area contributed by atoms with Crippen molar-refractivity contribution in [1.29, 1.82) is 0 Å². The minimum absolute atomic E-state index is 0.0903. The van der Waals surface area contributed by atoms with E-state index in [4.69, 9.17) is 0 Å². The van der Waals surface area contributed by atoms with Gasteiger partial charge in [-0.15, -0.1) is 0 Å². The molecule has 0 unspecified atom stereocenters. The number of nitrogens with zero attached hydrogens (tertiary/aromatic N) is 3. The Morgan fingerprint density at radius 2 is 1.72 bits per heavy atom. The van der Waals surface area contributed by atoms with Crippen molar-refractivity contribution >= 4 is 17.4 Å². The van der Waals surface area contributed by atoms with Gasteiger partial charge in [-0.05, 0) is 24.0 Å². The van der Waals surface area contributed by atoms with E-state index in [1.54, 1.807) is 0 Å². The van der Waals surface area contributed by atoms with Crippen LogP contribution in [0.3, 0.4) is 0 Å². The number of nitrogens with one attached hydrogen (secondary N) is 1. The summed E-state index contributed by atoms with van der Waals surface area (Å²) in [6, 6.07) is 10.5. The summed E-state index contributed by atoms with van der Waals surface area (Å²) in [6.07, 6.45) is 5.34. The zero-order chi connectivity index (χ0) is 20.5. The highest BCUT2D eigenvalue weighted by atomic mass is 16.2. The predicted molar refractivity (Wildman–Crippen MR) is 116 cm³/mol. The number of hydrogen-bond acceptors (Lipinski definition) is 4. The monoisotopic (exact) mass is 398 g/mol. The van der Waals surface area contributed by atoms with Gasteiger partial charge in [-0.3, -0.25) is 19.4 Å². The average Bonchev–Trinajstić information content (AvgIpc) is 2.75. The average molecular weight is 399 g/mol. The number of hydrogen-bond donors (Lipinski definition) is 1. The molecular weight excluding hydrogens is 364 g/mol. The molecule has 6 heteroatoms. The first kappa shape index (κ1) is 21.5. The molecule has 2 amide bonds. The maximum absolute atomic E-state index is 12.7. The molecule has 0 radical (unpaired) electrons. The molecule has 0 aromatic heterocycles. The molecule has 0 atom stereocenters. The summed E-state index contributed by atoms with van der Waals surface area (Å²) in [5.74, 6) is 0.293. The quantitative estimate of drug-likeness (QED) is 0.679. The first-order chi connectivity index (χ1) is 14.2. The lowest BCUT2D eigenvalue weighted by molar-refractivity contribution is -0.134. The zero-order valence-corrected chi connectivity index (χ0v) is 17.6. The van der Waals surface area contributed by atoms with Crippen LogP contribution in [0.4, 0.5) is 0 Å². The summed E-state index contributed by atoms with van der Waals surface area (Å²) in [6.45, 7) is 8.49. The molecule has 1 aromatic rings. The number of benzene rings is 1. The van der Waals surface area contributed by atoms with E-state index in [2.05, 4.69) is 52.4 Å². The number of amides is 2. The summed E-state index contributed by atoms with van der Waals surface area (Å²) < 4.78 is 0. The van der Waals surface area contributed by atoms with Gasteiger partial charge in [-0.2, -0.15) is 0 Å². The van der Waals surface area contributed by atoms with Crippen molar-refractivity contribution in [3.05, 3.63) is 42.0 Å². The highest BCUT2D eigenvalue weighted by Crippen LogP contribution is 2.21. The van der Waals surface area contributed by atoms with E-state index in [-0.39, 0.29) is 11.8 Å². The minimum atomic E-state index is 0.0903. The van der Waals surface area contributed by atoms with Gasteiger partial charge in [0.15, 0.2) is 0 Å². The van der Waals surface area contributed by atoms with E-state index in [0.717, 1.165) is 52.0 Å².